The summed E-state index contributed by atoms with van der Waals surface area (Å²) in [7, 11) is 1.61. The van der Waals surface area contributed by atoms with E-state index in [0.29, 0.717) is 26.0 Å². The Labute approximate surface area is 83.7 Å². The third kappa shape index (κ3) is 6.64. The fourth-order valence-electron chi connectivity index (χ4n) is 1.06. The summed E-state index contributed by atoms with van der Waals surface area (Å²) in [6.07, 6.45) is 1.10. The van der Waals surface area contributed by atoms with Gasteiger partial charge in [-0.05, 0) is 6.42 Å². The SMILES string of the molecule is COCC(CCO)NCCC(N)=NO. The molecule has 1 atom stereocenters. The van der Waals surface area contributed by atoms with E-state index in [4.69, 9.17) is 20.8 Å². The summed E-state index contributed by atoms with van der Waals surface area (Å²) < 4.78 is 4.96. The molecule has 0 aromatic rings. The molecule has 6 nitrogen and oxygen atoms in total. The second kappa shape index (κ2) is 8.74. The van der Waals surface area contributed by atoms with Gasteiger partial charge in [0.1, 0.15) is 5.84 Å². The molecule has 0 aliphatic carbocycles. The molecule has 0 aromatic heterocycles. The first kappa shape index (κ1) is 13.2. The summed E-state index contributed by atoms with van der Waals surface area (Å²) in [5, 5.41) is 23.0. The normalized spacial score (nSPS) is 14.3. The van der Waals surface area contributed by atoms with Crippen molar-refractivity contribution < 1.29 is 15.1 Å². The molecule has 0 saturated carbocycles. The van der Waals surface area contributed by atoms with Crippen LogP contribution in [0.25, 0.3) is 0 Å². The van der Waals surface area contributed by atoms with Gasteiger partial charge in [0, 0.05) is 32.7 Å². The molecule has 0 amide bonds. The maximum Gasteiger partial charge on any atom is 0.140 e. The van der Waals surface area contributed by atoms with Crippen LogP contribution in [0, 0.1) is 0 Å². The van der Waals surface area contributed by atoms with Gasteiger partial charge in [-0.2, -0.15) is 0 Å². The molecule has 84 valence electrons. The highest BCUT2D eigenvalue weighted by Crippen LogP contribution is 1.92. The fourth-order valence-corrected chi connectivity index (χ4v) is 1.06. The maximum atomic E-state index is 8.73. The molecule has 0 saturated heterocycles. The standard InChI is InChI=1S/C8H19N3O3/c1-14-6-7(3-5-12)10-4-2-8(9)11-13/h7,10,12-13H,2-6H2,1H3,(H2,9,11). The van der Waals surface area contributed by atoms with E-state index < -0.39 is 0 Å². The van der Waals surface area contributed by atoms with Crippen LogP contribution in [0.1, 0.15) is 12.8 Å². The Bertz CT molecular complexity index is 158. The molecule has 0 rings (SSSR count). The van der Waals surface area contributed by atoms with Gasteiger partial charge < -0.3 is 26.1 Å². The number of nitrogens with one attached hydrogen (secondary N) is 1. The average molecular weight is 205 g/mol. The molecule has 5 N–H and O–H groups in total. The molecule has 0 fully saturated rings. The fraction of sp³-hybridized carbons (Fsp3) is 0.875. The average Bonchev–Trinajstić information content (AvgIpc) is 2.18. The van der Waals surface area contributed by atoms with Crippen LogP contribution in [0.5, 0.6) is 0 Å². The number of nitrogens with two attached hydrogens (primary N) is 1. The molecule has 0 spiro atoms. The number of nitrogens with zero attached hydrogens (tertiary/aromatic N) is 1. The molecule has 1 unspecified atom stereocenters. The van der Waals surface area contributed by atoms with Gasteiger partial charge in [-0.1, -0.05) is 5.16 Å². The smallest absolute Gasteiger partial charge is 0.140 e. The molecule has 0 bridgehead atoms. The van der Waals surface area contributed by atoms with Gasteiger partial charge in [-0.15, -0.1) is 0 Å². The first-order chi connectivity index (χ1) is 6.74. The molecule has 6 heteroatoms. The van der Waals surface area contributed by atoms with E-state index in [9.17, 15) is 0 Å². The molecule has 0 radical (unpaired) electrons. The molecule has 0 aliphatic rings. The van der Waals surface area contributed by atoms with Crippen LogP contribution in [-0.2, 0) is 4.74 Å². The predicted octanol–water partition coefficient (Wildman–Crippen LogP) is -0.890. The second-order valence-electron chi connectivity index (χ2n) is 2.96. The van der Waals surface area contributed by atoms with Gasteiger partial charge in [0.2, 0.25) is 0 Å². The molecule has 0 heterocycles. The first-order valence-electron chi connectivity index (χ1n) is 4.54. The van der Waals surface area contributed by atoms with E-state index in [1.807, 2.05) is 0 Å². The van der Waals surface area contributed by atoms with E-state index in [0.717, 1.165) is 0 Å². The summed E-state index contributed by atoms with van der Waals surface area (Å²) in [4.78, 5) is 0. The van der Waals surface area contributed by atoms with Gasteiger partial charge in [-0.3, -0.25) is 0 Å². The minimum absolute atomic E-state index is 0.108. The lowest BCUT2D eigenvalue weighted by Gasteiger charge is -2.16. The summed E-state index contributed by atoms with van der Waals surface area (Å²) >= 11 is 0. The topological polar surface area (TPSA) is 100 Å². The van der Waals surface area contributed by atoms with Gasteiger partial charge in [0.25, 0.3) is 0 Å². The first-order valence-corrected chi connectivity index (χ1v) is 4.54. The summed E-state index contributed by atoms with van der Waals surface area (Å²) in [5.41, 5.74) is 5.29. The third-order valence-electron chi connectivity index (χ3n) is 1.79. The summed E-state index contributed by atoms with van der Waals surface area (Å²) in [6.45, 7) is 1.26. The Morgan fingerprint density at radius 3 is 2.86 bits per heavy atom. The van der Waals surface area contributed by atoms with Crippen LogP contribution in [0.15, 0.2) is 5.16 Å². The number of oxime groups is 1. The van der Waals surface area contributed by atoms with Crippen molar-refractivity contribution in [1.82, 2.24) is 5.32 Å². The van der Waals surface area contributed by atoms with E-state index in [-0.39, 0.29) is 18.5 Å². The number of amidine groups is 1. The van der Waals surface area contributed by atoms with Crippen molar-refractivity contribution in [3.05, 3.63) is 0 Å². The molecule has 14 heavy (non-hydrogen) atoms. The highest BCUT2D eigenvalue weighted by atomic mass is 16.5. The van der Waals surface area contributed by atoms with Crippen LogP contribution >= 0.6 is 0 Å². The Balaban J connectivity index is 3.59. The van der Waals surface area contributed by atoms with E-state index in [2.05, 4.69) is 10.5 Å². The van der Waals surface area contributed by atoms with Crippen molar-refractivity contribution in [3.63, 3.8) is 0 Å². The van der Waals surface area contributed by atoms with Crippen molar-refractivity contribution in [2.45, 2.75) is 18.9 Å². The molecule has 0 aromatic carbocycles. The quantitative estimate of drug-likeness (QED) is 0.178. The molecular formula is C8H19N3O3. The highest BCUT2D eigenvalue weighted by Gasteiger charge is 2.06. The Kier molecular flexibility index (Phi) is 8.20. The number of methoxy groups -OCH3 is 1. The maximum absolute atomic E-state index is 8.73. The van der Waals surface area contributed by atoms with Gasteiger partial charge in [0.05, 0.1) is 6.61 Å². The monoisotopic (exact) mass is 205 g/mol. The lowest BCUT2D eigenvalue weighted by atomic mass is 10.2. The number of ether oxygens (including phenoxy) is 1. The van der Waals surface area contributed by atoms with Gasteiger partial charge in [0.15, 0.2) is 0 Å². The van der Waals surface area contributed by atoms with Crippen molar-refractivity contribution in [1.29, 1.82) is 0 Å². The Hall–Kier alpha value is -0.850. The zero-order valence-corrected chi connectivity index (χ0v) is 8.44. The number of rotatable bonds is 8. The summed E-state index contributed by atoms with van der Waals surface area (Å²) in [5.74, 6) is 0.192. The van der Waals surface area contributed by atoms with Gasteiger partial charge in [-0.25, -0.2) is 0 Å². The van der Waals surface area contributed by atoms with Crippen LogP contribution in [-0.4, -0.2) is 49.1 Å². The number of aliphatic hydroxyl groups is 1. The lowest BCUT2D eigenvalue weighted by Crippen LogP contribution is -2.36. The zero-order chi connectivity index (χ0) is 10.8. The minimum atomic E-state index is 0.108. The van der Waals surface area contributed by atoms with Crippen LogP contribution < -0.4 is 11.1 Å². The zero-order valence-electron chi connectivity index (χ0n) is 8.44. The molecule has 0 aliphatic heterocycles. The van der Waals surface area contributed by atoms with E-state index in [1.54, 1.807) is 7.11 Å². The largest absolute Gasteiger partial charge is 0.409 e. The number of hydrogen-bond donors (Lipinski definition) is 4. The van der Waals surface area contributed by atoms with Crippen molar-refractivity contribution >= 4 is 5.84 Å². The predicted molar refractivity (Wildman–Crippen MR) is 53.4 cm³/mol. The lowest BCUT2D eigenvalue weighted by molar-refractivity contribution is 0.149. The Morgan fingerprint density at radius 2 is 2.36 bits per heavy atom. The highest BCUT2D eigenvalue weighted by molar-refractivity contribution is 5.79. The van der Waals surface area contributed by atoms with Gasteiger partial charge >= 0.3 is 0 Å². The third-order valence-corrected chi connectivity index (χ3v) is 1.79. The number of hydrogen-bond acceptors (Lipinski definition) is 5. The van der Waals surface area contributed by atoms with Crippen LogP contribution in [0.2, 0.25) is 0 Å². The summed E-state index contributed by atoms with van der Waals surface area (Å²) in [6, 6.07) is 0.108. The number of aliphatic hydroxyl groups excluding tert-OH is 1. The Morgan fingerprint density at radius 1 is 1.64 bits per heavy atom. The van der Waals surface area contributed by atoms with Crippen molar-refractivity contribution in [3.8, 4) is 0 Å². The van der Waals surface area contributed by atoms with Crippen molar-refractivity contribution in [2.75, 3.05) is 26.9 Å². The van der Waals surface area contributed by atoms with E-state index >= 15 is 0 Å². The molecular weight excluding hydrogens is 186 g/mol. The van der Waals surface area contributed by atoms with E-state index in [1.165, 1.54) is 0 Å². The van der Waals surface area contributed by atoms with Crippen LogP contribution in [0.3, 0.4) is 0 Å². The minimum Gasteiger partial charge on any atom is -0.409 e. The van der Waals surface area contributed by atoms with Crippen LogP contribution in [0.4, 0.5) is 0 Å². The second-order valence-corrected chi connectivity index (χ2v) is 2.96. The van der Waals surface area contributed by atoms with Crippen molar-refractivity contribution in [2.24, 2.45) is 10.9 Å².